The molecule has 182 valence electrons. The van der Waals surface area contributed by atoms with Gasteiger partial charge in [-0.05, 0) is 70.4 Å². The number of carbonyl (C=O) groups is 2. The van der Waals surface area contributed by atoms with Crippen LogP contribution in [0.2, 0.25) is 5.02 Å². The first-order chi connectivity index (χ1) is 16.9. The van der Waals surface area contributed by atoms with Gasteiger partial charge in [0.1, 0.15) is 6.61 Å². The highest BCUT2D eigenvalue weighted by Crippen LogP contribution is 2.37. The molecule has 0 bridgehead atoms. The number of anilines is 1. The second kappa shape index (κ2) is 13.5. The van der Waals surface area contributed by atoms with Crippen LogP contribution in [0.15, 0.2) is 76.3 Å². The SMILES string of the molecule is CCOc1cc(C=NNC(=O)CCC(=O)Nc2ccccc2)cc(Br)c1OCc1ccc(Cl)cc1. The molecule has 0 aromatic heterocycles. The van der Waals surface area contributed by atoms with Crippen LogP contribution in [0.4, 0.5) is 5.69 Å². The summed E-state index contributed by atoms with van der Waals surface area (Å²) in [5.74, 6) is 0.500. The predicted molar refractivity (Wildman–Crippen MR) is 141 cm³/mol. The molecule has 0 heterocycles. The molecule has 9 heteroatoms. The minimum absolute atomic E-state index is 0.0153. The van der Waals surface area contributed by atoms with E-state index in [9.17, 15) is 9.59 Å². The zero-order valence-corrected chi connectivity index (χ0v) is 21.4. The molecule has 7 nitrogen and oxygen atoms in total. The van der Waals surface area contributed by atoms with Crippen molar-refractivity contribution in [2.45, 2.75) is 26.4 Å². The van der Waals surface area contributed by atoms with E-state index in [1.54, 1.807) is 18.2 Å². The summed E-state index contributed by atoms with van der Waals surface area (Å²) in [5, 5.41) is 7.39. The topological polar surface area (TPSA) is 89.0 Å². The van der Waals surface area contributed by atoms with E-state index in [4.69, 9.17) is 21.1 Å². The highest BCUT2D eigenvalue weighted by Gasteiger charge is 2.13. The van der Waals surface area contributed by atoms with Crippen molar-refractivity contribution in [1.29, 1.82) is 0 Å². The van der Waals surface area contributed by atoms with E-state index in [0.29, 0.717) is 45.5 Å². The van der Waals surface area contributed by atoms with Crippen molar-refractivity contribution < 1.29 is 19.1 Å². The van der Waals surface area contributed by atoms with Gasteiger partial charge in [0.25, 0.3) is 0 Å². The lowest BCUT2D eigenvalue weighted by atomic mass is 10.2. The molecule has 0 spiro atoms. The van der Waals surface area contributed by atoms with Gasteiger partial charge < -0.3 is 14.8 Å². The zero-order valence-electron chi connectivity index (χ0n) is 19.1. The summed E-state index contributed by atoms with van der Waals surface area (Å²) < 4.78 is 12.4. The van der Waals surface area contributed by atoms with Crippen LogP contribution in [0, 0.1) is 0 Å². The lowest BCUT2D eigenvalue weighted by Crippen LogP contribution is -2.20. The normalized spacial score (nSPS) is 10.7. The summed E-state index contributed by atoms with van der Waals surface area (Å²) in [7, 11) is 0. The molecule has 0 radical (unpaired) electrons. The zero-order chi connectivity index (χ0) is 25.0. The molecule has 35 heavy (non-hydrogen) atoms. The number of carbonyl (C=O) groups excluding carboxylic acids is 2. The number of halogens is 2. The number of hydrazone groups is 1. The van der Waals surface area contributed by atoms with Gasteiger partial charge >= 0.3 is 0 Å². The Labute approximate surface area is 217 Å². The molecule has 3 aromatic rings. The number of ether oxygens (including phenoxy) is 2. The Bertz CT molecular complexity index is 1170. The maximum Gasteiger partial charge on any atom is 0.240 e. The summed E-state index contributed by atoms with van der Waals surface area (Å²) in [6.07, 6.45) is 1.56. The van der Waals surface area contributed by atoms with Crippen LogP contribution in [0.3, 0.4) is 0 Å². The van der Waals surface area contributed by atoms with Gasteiger partial charge in [0.15, 0.2) is 11.5 Å². The number of benzene rings is 3. The van der Waals surface area contributed by atoms with E-state index in [0.717, 1.165) is 5.56 Å². The fraction of sp³-hybridized carbons (Fsp3) is 0.192. The number of hydrogen-bond acceptors (Lipinski definition) is 5. The maximum absolute atomic E-state index is 12.1. The van der Waals surface area contributed by atoms with E-state index in [1.165, 1.54) is 6.21 Å². The molecule has 0 atom stereocenters. The fourth-order valence-corrected chi connectivity index (χ4v) is 3.71. The van der Waals surface area contributed by atoms with Gasteiger partial charge in [0.05, 0.1) is 17.3 Å². The van der Waals surface area contributed by atoms with Crippen LogP contribution in [-0.2, 0) is 16.2 Å². The van der Waals surface area contributed by atoms with Crippen molar-refractivity contribution in [1.82, 2.24) is 5.43 Å². The Kier molecular flexibility index (Phi) is 10.1. The smallest absolute Gasteiger partial charge is 0.240 e. The Balaban J connectivity index is 1.54. The molecular formula is C26H25BrClN3O4. The van der Waals surface area contributed by atoms with Crippen LogP contribution < -0.4 is 20.2 Å². The summed E-state index contributed by atoms with van der Waals surface area (Å²) >= 11 is 9.46. The average molecular weight is 559 g/mol. The predicted octanol–water partition coefficient (Wildman–Crippen LogP) is 5.95. The molecular weight excluding hydrogens is 534 g/mol. The highest BCUT2D eigenvalue weighted by atomic mass is 79.9. The second-order valence-electron chi connectivity index (χ2n) is 7.39. The molecule has 3 aromatic carbocycles. The molecule has 0 aliphatic carbocycles. The number of nitrogens with zero attached hydrogens (tertiary/aromatic N) is 1. The van der Waals surface area contributed by atoms with Gasteiger partial charge in [0.2, 0.25) is 11.8 Å². The Morgan fingerprint density at radius 1 is 1.00 bits per heavy atom. The number of para-hydroxylation sites is 1. The monoisotopic (exact) mass is 557 g/mol. The van der Waals surface area contributed by atoms with E-state index < -0.39 is 0 Å². The highest BCUT2D eigenvalue weighted by molar-refractivity contribution is 9.10. The Morgan fingerprint density at radius 3 is 2.43 bits per heavy atom. The standard InChI is InChI=1S/C26H25BrClN3O4/c1-2-34-23-15-19(14-22(27)26(23)35-17-18-8-10-20(28)11-9-18)16-29-31-25(33)13-12-24(32)30-21-6-4-3-5-7-21/h3-11,14-16H,2,12-13,17H2,1H3,(H,30,32)(H,31,33). The third kappa shape index (κ3) is 8.73. The molecule has 0 saturated heterocycles. The number of nitrogens with one attached hydrogen (secondary N) is 2. The Morgan fingerprint density at radius 2 is 1.71 bits per heavy atom. The van der Waals surface area contributed by atoms with Crippen molar-refractivity contribution in [2.24, 2.45) is 5.10 Å². The number of hydrogen-bond donors (Lipinski definition) is 2. The van der Waals surface area contributed by atoms with E-state index in [1.807, 2.05) is 55.5 Å². The van der Waals surface area contributed by atoms with Crippen molar-refractivity contribution in [3.63, 3.8) is 0 Å². The van der Waals surface area contributed by atoms with Crippen LogP contribution in [0.1, 0.15) is 30.9 Å². The van der Waals surface area contributed by atoms with Crippen LogP contribution >= 0.6 is 27.5 Å². The van der Waals surface area contributed by atoms with E-state index in [-0.39, 0.29) is 24.7 Å². The van der Waals surface area contributed by atoms with Crippen LogP contribution in [0.5, 0.6) is 11.5 Å². The lowest BCUT2D eigenvalue weighted by molar-refractivity contribution is -0.124. The lowest BCUT2D eigenvalue weighted by Gasteiger charge is -2.14. The Hall–Kier alpha value is -3.36. The molecule has 2 N–H and O–H groups in total. The minimum Gasteiger partial charge on any atom is -0.490 e. The molecule has 0 aliphatic heterocycles. The number of amides is 2. The van der Waals surface area contributed by atoms with Gasteiger partial charge in [-0.3, -0.25) is 9.59 Å². The van der Waals surface area contributed by atoms with Crippen molar-refractivity contribution in [3.05, 3.63) is 87.4 Å². The molecule has 3 rings (SSSR count). The van der Waals surface area contributed by atoms with Gasteiger partial charge in [-0.15, -0.1) is 0 Å². The summed E-state index contributed by atoms with van der Waals surface area (Å²) in [6, 6.07) is 20.1. The third-order valence-corrected chi connectivity index (χ3v) is 5.51. The largest absolute Gasteiger partial charge is 0.490 e. The molecule has 0 aliphatic rings. The third-order valence-electron chi connectivity index (χ3n) is 4.67. The van der Waals surface area contributed by atoms with Crippen LogP contribution in [0.25, 0.3) is 0 Å². The first kappa shape index (κ1) is 26.2. The minimum atomic E-state index is -0.364. The first-order valence-corrected chi connectivity index (χ1v) is 12.1. The van der Waals surface area contributed by atoms with Gasteiger partial charge in [-0.2, -0.15) is 5.10 Å². The summed E-state index contributed by atoms with van der Waals surface area (Å²) in [5.41, 5.74) is 4.79. The van der Waals surface area contributed by atoms with Crippen molar-refractivity contribution in [2.75, 3.05) is 11.9 Å². The molecule has 0 unspecified atom stereocenters. The first-order valence-electron chi connectivity index (χ1n) is 10.9. The fourth-order valence-electron chi connectivity index (χ4n) is 3.01. The average Bonchev–Trinajstić information content (AvgIpc) is 2.84. The van der Waals surface area contributed by atoms with Crippen LogP contribution in [-0.4, -0.2) is 24.6 Å². The van der Waals surface area contributed by atoms with Gasteiger partial charge in [-0.25, -0.2) is 5.43 Å². The quantitative estimate of drug-likeness (QED) is 0.225. The van der Waals surface area contributed by atoms with Gasteiger partial charge in [0, 0.05) is 23.6 Å². The van der Waals surface area contributed by atoms with Crippen molar-refractivity contribution in [3.8, 4) is 11.5 Å². The number of rotatable bonds is 11. The molecule has 2 amide bonds. The molecule has 0 fully saturated rings. The van der Waals surface area contributed by atoms with Gasteiger partial charge in [-0.1, -0.05) is 41.9 Å². The molecule has 0 saturated carbocycles. The maximum atomic E-state index is 12.1. The van der Waals surface area contributed by atoms with E-state index in [2.05, 4.69) is 31.8 Å². The van der Waals surface area contributed by atoms with E-state index >= 15 is 0 Å². The van der Waals surface area contributed by atoms with Crippen molar-refractivity contribution >= 4 is 51.2 Å². The second-order valence-corrected chi connectivity index (χ2v) is 8.68. The summed E-state index contributed by atoms with van der Waals surface area (Å²) in [6.45, 7) is 2.68. The summed E-state index contributed by atoms with van der Waals surface area (Å²) in [4.78, 5) is 24.0.